The molecule has 0 bridgehead atoms. The van der Waals surface area contributed by atoms with E-state index in [-0.39, 0.29) is 34.2 Å². The summed E-state index contributed by atoms with van der Waals surface area (Å²) in [5, 5.41) is 0. The van der Waals surface area contributed by atoms with Crippen LogP contribution in [0.3, 0.4) is 0 Å². The quantitative estimate of drug-likeness (QED) is 0.494. The number of methoxy groups -OCH3 is 2. The third kappa shape index (κ3) is 5.44. The van der Waals surface area contributed by atoms with Crippen LogP contribution in [0, 0.1) is 13.8 Å². The average molecular weight is 512 g/mol. The van der Waals surface area contributed by atoms with Crippen molar-refractivity contribution in [2.24, 2.45) is 0 Å². The van der Waals surface area contributed by atoms with Gasteiger partial charge in [-0.25, -0.2) is 13.4 Å². The van der Waals surface area contributed by atoms with Gasteiger partial charge in [0.25, 0.3) is 15.9 Å². The lowest BCUT2D eigenvalue weighted by atomic mass is 10.0. The summed E-state index contributed by atoms with van der Waals surface area (Å²) >= 11 is 0. The van der Waals surface area contributed by atoms with E-state index in [1.807, 2.05) is 32.0 Å². The van der Waals surface area contributed by atoms with E-state index < -0.39 is 16.1 Å². The highest BCUT2D eigenvalue weighted by atomic mass is 32.2. The van der Waals surface area contributed by atoms with Gasteiger partial charge in [-0.05, 0) is 43.7 Å². The van der Waals surface area contributed by atoms with Gasteiger partial charge in [0, 0.05) is 24.9 Å². The van der Waals surface area contributed by atoms with E-state index in [1.165, 1.54) is 31.5 Å². The minimum absolute atomic E-state index is 0.0163. The van der Waals surface area contributed by atoms with Crippen LogP contribution in [-0.4, -0.2) is 63.7 Å². The highest BCUT2D eigenvalue weighted by molar-refractivity contribution is 7.92. The first-order valence-corrected chi connectivity index (χ1v) is 12.9. The summed E-state index contributed by atoms with van der Waals surface area (Å²) in [5.74, 6) is 0.358. The van der Waals surface area contributed by atoms with Gasteiger partial charge in [-0.15, -0.1) is 0 Å². The van der Waals surface area contributed by atoms with E-state index in [9.17, 15) is 13.2 Å². The lowest BCUT2D eigenvalue weighted by Gasteiger charge is -2.19. The number of carbonyl (C=O) groups is 1. The van der Waals surface area contributed by atoms with Crippen LogP contribution in [0.5, 0.6) is 11.6 Å². The molecular weight excluding hydrogens is 482 g/mol. The summed E-state index contributed by atoms with van der Waals surface area (Å²) < 4.78 is 45.2. The lowest BCUT2D eigenvalue weighted by Crippen LogP contribution is -2.32. The normalized spacial score (nSPS) is 17.6. The van der Waals surface area contributed by atoms with E-state index in [2.05, 4.69) is 9.71 Å². The fraction of sp³-hybridized carbons (Fsp3) is 0.308. The van der Waals surface area contributed by atoms with Crippen molar-refractivity contribution in [3.8, 4) is 11.6 Å². The second kappa shape index (κ2) is 10.5. The predicted octanol–water partition coefficient (Wildman–Crippen LogP) is 3.43. The highest BCUT2D eigenvalue weighted by Crippen LogP contribution is 2.27. The Morgan fingerprint density at radius 2 is 1.78 bits per heavy atom. The Kier molecular flexibility index (Phi) is 7.46. The van der Waals surface area contributed by atoms with E-state index in [4.69, 9.17) is 14.2 Å². The molecule has 2 atom stereocenters. The number of hydrogen-bond donors (Lipinski definition) is 1. The Bertz CT molecular complexity index is 1360. The molecule has 0 aliphatic carbocycles. The minimum Gasteiger partial charge on any atom is -0.495 e. The summed E-state index contributed by atoms with van der Waals surface area (Å²) in [6.45, 7) is 4.54. The van der Waals surface area contributed by atoms with Gasteiger partial charge < -0.3 is 19.1 Å². The van der Waals surface area contributed by atoms with E-state index in [0.717, 1.165) is 11.1 Å². The van der Waals surface area contributed by atoms with Gasteiger partial charge >= 0.3 is 0 Å². The maximum absolute atomic E-state index is 13.2. The zero-order valence-electron chi connectivity index (χ0n) is 20.6. The van der Waals surface area contributed by atoms with Crippen LogP contribution in [-0.2, 0) is 14.8 Å². The van der Waals surface area contributed by atoms with Crippen LogP contribution in [0.4, 0.5) is 5.69 Å². The molecule has 1 aliphatic rings. The first kappa shape index (κ1) is 25.5. The van der Waals surface area contributed by atoms with Crippen molar-refractivity contribution < 1.29 is 27.4 Å². The maximum atomic E-state index is 13.2. The minimum atomic E-state index is -3.91. The molecule has 4 rings (SSSR count). The SMILES string of the molecule is COc1ccccc1S(=O)(=O)Nc1ccnc(O[C@@H]2CN(C(=O)c3cc(C)ccc3C)C[C@H]2OC)c1. The average Bonchev–Trinajstić information content (AvgIpc) is 3.27. The Morgan fingerprint density at radius 1 is 1.03 bits per heavy atom. The Hall–Kier alpha value is -3.63. The molecule has 3 aromatic rings. The van der Waals surface area contributed by atoms with Crippen molar-refractivity contribution >= 4 is 21.6 Å². The summed E-state index contributed by atoms with van der Waals surface area (Å²) in [4.78, 5) is 19.1. The molecule has 2 aromatic carbocycles. The van der Waals surface area contributed by atoms with Crippen molar-refractivity contribution in [3.05, 3.63) is 77.5 Å². The van der Waals surface area contributed by atoms with E-state index in [1.54, 1.807) is 30.2 Å². The molecular formula is C26H29N3O6S. The first-order chi connectivity index (χ1) is 17.2. The molecule has 1 saturated heterocycles. The van der Waals surface area contributed by atoms with Crippen molar-refractivity contribution in [1.29, 1.82) is 0 Å². The second-order valence-corrected chi connectivity index (χ2v) is 10.2. The molecule has 36 heavy (non-hydrogen) atoms. The number of likely N-dealkylation sites (tertiary alicyclic amines) is 1. The molecule has 190 valence electrons. The molecule has 10 heteroatoms. The molecule has 0 unspecified atom stereocenters. The summed E-state index contributed by atoms with van der Waals surface area (Å²) in [5.41, 5.74) is 2.84. The zero-order valence-corrected chi connectivity index (χ0v) is 21.4. The third-order valence-electron chi connectivity index (χ3n) is 6.05. The van der Waals surface area contributed by atoms with Crippen LogP contribution in [0.1, 0.15) is 21.5 Å². The van der Waals surface area contributed by atoms with Crippen molar-refractivity contribution in [2.45, 2.75) is 31.0 Å². The number of nitrogens with zero attached hydrogens (tertiary/aromatic N) is 2. The molecule has 9 nitrogen and oxygen atoms in total. The van der Waals surface area contributed by atoms with Crippen molar-refractivity contribution in [1.82, 2.24) is 9.88 Å². The Labute approximate surface area is 211 Å². The number of aryl methyl sites for hydroxylation is 2. The molecule has 0 saturated carbocycles. The second-order valence-electron chi connectivity index (χ2n) is 8.60. The number of benzene rings is 2. The zero-order chi connectivity index (χ0) is 25.9. The number of ether oxygens (including phenoxy) is 3. The predicted molar refractivity (Wildman–Crippen MR) is 135 cm³/mol. The molecule has 1 N–H and O–H groups in total. The highest BCUT2D eigenvalue weighted by Gasteiger charge is 2.38. The summed E-state index contributed by atoms with van der Waals surface area (Å²) in [6, 6.07) is 15.2. The van der Waals surface area contributed by atoms with E-state index >= 15 is 0 Å². The number of carbonyl (C=O) groups excluding carboxylic acids is 1. The molecule has 0 radical (unpaired) electrons. The van der Waals surface area contributed by atoms with Gasteiger partial charge in [0.1, 0.15) is 22.9 Å². The first-order valence-electron chi connectivity index (χ1n) is 11.4. The van der Waals surface area contributed by atoms with Crippen LogP contribution in [0.25, 0.3) is 0 Å². The number of pyridine rings is 1. The fourth-order valence-electron chi connectivity index (χ4n) is 4.13. The maximum Gasteiger partial charge on any atom is 0.265 e. The van der Waals surface area contributed by atoms with Gasteiger partial charge in [-0.3, -0.25) is 9.52 Å². The summed E-state index contributed by atoms with van der Waals surface area (Å²) in [6.07, 6.45) is 0.609. The van der Waals surface area contributed by atoms with E-state index in [0.29, 0.717) is 18.7 Å². The number of hydrogen-bond acceptors (Lipinski definition) is 7. The van der Waals surface area contributed by atoms with Crippen LogP contribution in [0.15, 0.2) is 65.7 Å². The monoisotopic (exact) mass is 511 g/mol. The largest absolute Gasteiger partial charge is 0.495 e. The number of para-hydroxylation sites is 1. The van der Waals surface area contributed by atoms with Gasteiger partial charge in [0.15, 0.2) is 0 Å². The number of amides is 1. The number of sulfonamides is 1. The fourth-order valence-corrected chi connectivity index (χ4v) is 5.35. The molecule has 0 spiro atoms. The van der Waals surface area contributed by atoms with Gasteiger partial charge in [0.05, 0.1) is 25.9 Å². The number of aromatic nitrogens is 1. The van der Waals surface area contributed by atoms with Gasteiger partial charge in [-0.1, -0.05) is 29.8 Å². The Balaban J connectivity index is 1.49. The van der Waals surface area contributed by atoms with Crippen LogP contribution in [0.2, 0.25) is 0 Å². The molecule has 1 aliphatic heterocycles. The molecule has 1 aromatic heterocycles. The van der Waals surface area contributed by atoms with Gasteiger partial charge in [-0.2, -0.15) is 0 Å². The standard InChI is InChI=1S/C26H29N3O6S/c1-17-9-10-18(2)20(13-17)26(30)29-15-22(34-4)23(16-29)35-25-14-19(11-12-27-25)28-36(31,32)24-8-6-5-7-21(24)33-3/h5-14,22-23H,15-16H2,1-4H3,(H,27,28)/t22-,23-/m1/s1. The number of nitrogens with one attached hydrogen (secondary N) is 1. The third-order valence-corrected chi connectivity index (χ3v) is 7.47. The molecule has 2 heterocycles. The smallest absolute Gasteiger partial charge is 0.265 e. The molecule has 1 amide bonds. The lowest BCUT2D eigenvalue weighted by molar-refractivity contribution is 0.0320. The Morgan fingerprint density at radius 3 is 2.53 bits per heavy atom. The topological polar surface area (TPSA) is 107 Å². The van der Waals surface area contributed by atoms with Crippen LogP contribution >= 0.6 is 0 Å². The van der Waals surface area contributed by atoms with Crippen molar-refractivity contribution in [3.63, 3.8) is 0 Å². The van der Waals surface area contributed by atoms with Gasteiger partial charge in [0.2, 0.25) is 5.88 Å². The molecule has 1 fully saturated rings. The summed E-state index contributed by atoms with van der Waals surface area (Å²) in [7, 11) is -0.931. The number of rotatable bonds is 8. The van der Waals surface area contributed by atoms with Crippen molar-refractivity contribution in [2.75, 3.05) is 32.0 Å². The van der Waals surface area contributed by atoms with Crippen LogP contribution < -0.4 is 14.2 Å². The number of anilines is 1.